The van der Waals surface area contributed by atoms with E-state index in [0.29, 0.717) is 23.8 Å². The minimum Gasteiger partial charge on any atom is -0.496 e. The van der Waals surface area contributed by atoms with Crippen molar-refractivity contribution in [3.8, 4) is 11.5 Å². The van der Waals surface area contributed by atoms with Crippen molar-refractivity contribution in [1.82, 2.24) is 9.80 Å². The van der Waals surface area contributed by atoms with E-state index in [1.807, 2.05) is 41.3 Å². The smallest absolute Gasteiger partial charge is 0.257 e. The Morgan fingerprint density at radius 3 is 2.64 bits per heavy atom. The van der Waals surface area contributed by atoms with Gasteiger partial charge in [0.05, 0.1) is 18.8 Å². The molecule has 0 unspecified atom stereocenters. The lowest BCUT2D eigenvalue weighted by Gasteiger charge is -2.38. The molecule has 0 radical (unpaired) electrons. The number of fused-ring (bicyclic) bond motifs is 3. The van der Waals surface area contributed by atoms with E-state index in [0.717, 1.165) is 64.2 Å². The first-order valence-corrected chi connectivity index (χ1v) is 12.1. The molecule has 1 saturated heterocycles. The average Bonchev–Trinajstić information content (AvgIpc) is 2.86. The molecule has 4 rings (SSSR count). The minimum atomic E-state index is 0.0630. The number of carbonyl (C=O) groups excluding carboxylic acids is 1. The van der Waals surface area contributed by atoms with Gasteiger partial charge in [-0.1, -0.05) is 36.8 Å². The van der Waals surface area contributed by atoms with E-state index in [1.54, 1.807) is 14.2 Å². The maximum Gasteiger partial charge on any atom is 0.257 e. The lowest BCUT2D eigenvalue weighted by Crippen LogP contribution is -2.46. The zero-order valence-electron chi connectivity index (χ0n) is 19.9. The molecule has 2 aromatic carbocycles. The monoisotopic (exact) mass is 452 g/mol. The van der Waals surface area contributed by atoms with E-state index in [1.165, 1.54) is 5.56 Å². The number of methoxy groups -OCH3 is 2. The van der Waals surface area contributed by atoms with Crippen molar-refractivity contribution in [2.45, 2.75) is 38.3 Å². The van der Waals surface area contributed by atoms with Gasteiger partial charge in [0.15, 0.2) is 0 Å². The van der Waals surface area contributed by atoms with Gasteiger partial charge in [-0.2, -0.15) is 0 Å². The molecule has 2 aromatic rings. The standard InChI is InChI=1S/C27H36N2O4/c1-31-24-12-5-3-9-21(24)19-28-15-8-7-10-22-20-29(16-14-25(22)32-2)27(30)23-11-4-6-13-26(23)33-18-17-28/h3-6,9,11-13,22,25H,7-8,10,14-20H2,1-2H3/t22-,25+/m1/s1. The number of para-hydroxylation sites is 2. The molecule has 0 spiro atoms. The molecule has 2 aliphatic heterocycles. The molecule has 178 valence electrons. The van der Waals surface area contributed by atoms with Crippen molar-refractivity contribution in [3.05, 3.63) is 59.7 Å². The Labute approximate surface area is 197 Å². The lowest BCUT2D eigenvalue weighted by molar-refractivity contribution is -0.00702. The molecule has 2 aliphatic rings. The first-order valence-electron chi connectivity index (χ1n) is 12.1. The Morgan fingerprint density at radius 1 is 0.970 bits per heavy atom. The molecule has 2 heterocycles. The Bertz CT molecular complexity index is 918. The molecule has 0 saturated carbocycles. The number of ether oxygens (including phenoxy) is 3. The first kappa shape index (κ1) is 23.6. The molecular weight excluding hydrogens is 416 g/mol. The summed E-state index contributed by atoms with van der Waals surface area (Å²) in [5.74, 6) is 2.01. The van der Waals surface area contributed by atoms with Crippen LogP contribution in [0.5, 0.6) is 11.5 Å². The van der Waals surface area contributed by atoms with Crippen LogP contribution in [0.2, 0.25) is 0 Å². The maximum atomic E-state index is 13.4. The predicted octanol–water partition coefficient (Wildman–Crippen LogP) is 4.24. The van der Waals surface area contributed by atoms with Crippen molar-refractivity contribution < 1.29 is 19.0 Å². The predicted molar refractivity (Wildman–Crippen MR) is 129 cm³/mol. The SMILES string of the molecule is COc1ccccc1CN1CCCC[C@@H]2CN(CC[C@@H]2OC)C(=O)c2ccccc2OCC1. The lowest BCUT2D eigenvalue weighted by atomic mass is 9.89. The van der Waals surface area contributed by atoms with Gasteiger partial charge < -0.3 is 19.1 Å². The van der Waals surface area contributed by atoms with Crippen LogP contribution in [0.4, 0.5) is 0 Å². The van der Waals surface area contributed by atoms with Gasteiger partial charge in [0.1, 0.15) is 18.1 Å². The molecule has 2 bridgehead atoms. The van der Waals surface area contributed by atoms with Crippen LogP contribution in [0.15, 0.2) is 48.5 Å². The number of benzene rings is 2. The van der Waals surface area contributed by atoms with E-state index < -0.39 is 0 Å². The number of hydrogen-bond donors (Lipinski definition) is 0. The van der Waals surface area contributed by atoms with Crippen molar-refractivity contribution in [1.29, 1.82) is 0 Å². The molecule has 6 nitrogen and oxygen atoms in total. The molecule has 0 aliphatic carbocycles. The second-order valence-corrected chi connectivity index (χ2v) is 9.00. The Hall–Kier alpha value is -2.57. The third-order valence-corrected chi connectivity index (χ3v) is 6.92. The van der Waals surface area contributed by atoms with Crippen LogP contribution in [0.1, 0.15) is 41.6 Å². The first-order chi connectivity index (χ1) is 16.2. The number of hydrogen-bond acceptors (Lipinski definition) is 5. The van der Waals surface area contributed by atoms with Gasteiger partial charge in [-0.25, -0.2) is 0 Å². The number of piperidine rings is 1. The highest BCUT2D eigenvalue weighted by Crippen LogP contribution is 2.28. The van der Waals surface area contributed by atoms with Crippen LogP contribution in [-0.2, 0) is 11.3 Å². The highest BCUT2D eigenvalue weighted by molar-refractivity contribution is 5.97. The number of nitrogens with zero attached hydrogens (tertiary/aromatic N) is 2. The summed E-state index contributed by atoms with van der Waals surface area (Å²) in [7, 11) is 3.52. The average molecular weight is 453 g/mol. The molecule has 2 atom stereocenters. The quantitative estimate of drug-likeness (QED) is 0.695. The molecule has 33 heavy (non-hydrogen) atoms. The number of amides is 1. The molecule has 1 fully saturated rings. The van der Waals surface area contributed by atoms with Gasteiger partial charge in [-0.3, -0.25) is 9.69 Å². The molecule has 6 heteroatoms. The fourth-order valence-electron chi connectivity index (χ4n) is 5.09. The van der Waals surface area contributed by atoms with Crippen LogP contribution in [0.25, 0.3) is 0 Å². The van der Waals surface area contributed by atoms with Gasteiger partial charge in [-0.15, -0.1) is 0 Å². The van der Waals surface area contributed by atoms with Gasteiger partial charge in [0.2, 0.25) is 0 Å². The van der Waals surface area contributed by atoms with Crippen LogP contribution < -0.4 is 9.47 Å². The maximum absolute atomic E-state index is 13.4. The third kappa shape index (κ3) is 5.87. The van der Waals surface area contributed by atoms with E-state index in [9.17, 15) is 4.79 Å². The summed E-state index contributed by atoms with van der Waals surface area (Å²) < 4.78 is 17.5. The van der Waals surface area contributed by atoms with Gasteiger partial charge >= 0.3 is 0 Å². The van der Waals surface area contributed by atoms with Crippen molar-refractivity contribution >= 4 is 5.91 Å². The van der Waals surface area contributed by atoms with E-state index in [2.05, 4.69) is 17.0 Å². The summed E-state index contributed by atoms with van der Waals surface area (Å²) in [4.78, 5) is 17.8. The van der Waals surface area contributed by atoms with Gasteiger partial charge in [0, 0.05) is 44.8 Å². The fourth-order valence-corrected chi connectivity index (χ4v) is 5.09. The summed E-state index contributed by atoms with van der Waals surface area (Å²) in [5, 5.41) is 0. The number of rotatable bonds is 4. The Morgan fingerprint density at radius 2 is 1.79 bits per heavy atom. The second kappa shape index (κ2) is 11.5. The van der Waals surface area contributed by atoms with Crippen molar-refractivity contribution in [3.63, 3.8) is 0 Å². The summed E-state index contributed by atoms with van der Waals surface area (Å²) in [6.45, 7) is 4.61. The zero-order valence-corrected chi connectivity index (χ0v) is 19.9. The highest BCUT2D eigenvalue weighted by Gasteiger charge is 2.32. The molecular formula is C27H36N2O4. The normalized spacial score (nSPS) is 22.7. The zero-order chi connectivity index (χ0) is 23.0. The van der Waals surface area contributed by atoms with E-state index in [4.69, 9.17) is 14.2 Å². The Kier molecular flexibility index (Phi) is 8.24. The summed E-state index contributed by atoms with van der Waals surface area (Å²) in [5.41, 5.74) is 1.83. The third-order valence-electron chi connectivity index (χ3n) is 6.92. The van der Waals surface area contributed by atoms with Crippen LogP contribution in [-0.4, -0.2) is 68.8 Å². The van der Waals surface area contributed by atoms with Crippen LogP contribution >= 0.6 is 0 Å². The summed E-state index contributed by atoms with van der Waals surface area (Å²) in [6, 6.07) is 15.8. The molecule has 0 N–H and O–H groups in total. The molecule has 0 aromatic heterocycles. The topological polar surface area (TPSA) is 51.2 Å². The van der Waals surface area contributed by atoms with Gasteiger partial charge in [0.25, 0.3) is 5.91 Å². The number of carbonyl (C=O) groups is 1. The summed E-state index contributed by atoms with van der Waals surface area (Å²) in [6.07, 6.45) is 4.40. The van der Waals surface area contributed by atoms with Crippen LogP contribution in [0.3, 0.4) is 0 Å². The van der Waals surface area contributed by atoms with Crippen LogP contribution in [0, 0.1) is 5.92 Å². The Balaban J connectivity index is 1.54. The summed E-state index contributed by atoms with van der Waals surface area (Å²) >= 11 is 0. The van der Waals surface area contributed by atoms with Crippen molar-refractivity contribution in [2.24, 2.45) is 5.92 Å². The van der Waals surface area contributed by atoms with Gasteiger partial charge in [-0.05, 0) is 44.0 Å². The van der Waals surface area contributed by atoms with Crippen molar-refractivity contribution in [2.75, 3.05) is 47.0 Å². The second-order valence-electron chi connectivity index (χ2n) is 9.00. The largest absolute Gasteiger partial charge is 0.496 e. The molecule has 1 amide bonds. The van der Waals surface area contributed by atoms with E-state index >= 15 is 0 Å². The minimum absolute atomic E-state index is 0.0630. The fraction of sp³-hybridized carbons (Fsp3) is 0.519. The van der Waals surface area contributed by atoms with E-state index in [-0.39, 0.29) is 12.0 Å². The highest BCUT2D eigenvalue weighted by atomic mass is 16.5.